The van der Waals surface area contributed by atoms with Gasteiger partial charge in [-0.15, -0.1) is 0 Å². The first-order chi connectivity index (χ1) is 8.93. The van der Waals surface area contributed by atoms with Gasteiger partial charge in [-0.05, 0) is 37.6 Å². The number of hydrogen-bond acceptors (Lipinski definition) is 3. The molecule has 0 radical (unpaired) electrons. The summed E-state index contributed by atoms with van der Waals surface area (Å²) >= 11 is 0. The lowest BCUT2D eigenvalue weighted by Crippen LogP contribution is -2.41. The van der Waals surface area contributed by atoms with E-state index in [1.165, 1.54) is 12.1 Å². The van der Waals surface area contributed by atoms with Crippen LogP contribution in [0.1, 0.15) is 23.7 Å². The van der Waals surface area contributed by atoms with Gasteiger partial charge in [-0.3, -0.25) is 4.79 Å². The maximum Gasteiger partial charge on any atom is 0.326 e. The first kappa shape index (κ1) is 14.6. The van der Waals surface area contributed by atoms with Crippen molar-refractivity contribution in [1.82, 2.24) is 5.32 Å². The first-order valence-corrected chi connectivity index (χ1v) is 5.63. The molecule has 2 atom stereocenters. The lowest BCUT2D eigenvalue weighted by molar-refractivity contribution is -0.139. The summed E-state index contributed by atoms with van der Waals surface area (Å²) in [7, 11) is 0. The zero-order chi connectivity index (χ0) is 14.4. The summed E-state index contributed by atoms with van der Waals surface area (Å²) in [4.78, 5) is 22.7. The molecule has 1 amide bonds. The van der Waals surface area contributed by atoms with E-state index in [9.17, 15) is 14.0 Å². The van der Waals surface area contributed by atoms with Crippen LogP contribution in [0.25, 0.3) is 0 Å². The Morgan fingerprint density at radius 2 is 2.00 bits per heavy atom. The number of rotatable bonds is 5. The number of carbonyl (C=O) groups excluding carboxylic acids is 1. The lowest BCUT2D eigenvalue weighted by atomic mass is 10.0. The Balaban J connectivity index is 2.74. The van der Waals surface area contributed by atoms with Gasteiger partial charge in [-0.1, -0.05) is 0 Å². The van der Waals surface area contributed by atoms with Crippen molar-refractivity contribution in [3.63, 3.8) is 0 Å². The van der Waals surface area contributed by atoms with Crippen molar-refractivity contribution >= 4 is 11.9 Å². The molecule has 0 aliphatic carbocycles. The van der Waals surface area contributed by atoms with Gasteiger partial charge in [0.05, 0.1) is 6.07 Å². The molecular formula is C13H13FN2O3. The standard InChI is InChI=1S/C13H13FN2O3/c1-8(7-15)6-11(13(18)19)16-12(17)9-2-4-10(14)5-3-9/h2-5,8,11H,6H2,1H3,(H,16,17)(H,18,19)/t8-,11-/m1/s1. The number of aliphatic carboxylic acids is 1. The maximum absolute atomic E-state index is 12.7. The van der Waals surface area contributed by atoms with E-state index in [4.69, 9.17) is 10.4 Å². The van der Waals surface area contributed by atoms with Gasteiger partial charge >= 0.3 is 5.97 Å². The van der Waals surface area contributed by atoms with Gasteiger partial charge in [-0.2, -0.15) is 5.26 Å². The van der Waals surface area contributed by atoms with Crippen molar-refractivity contribution in [1.29, 1.82) is 5.26 Å². The third kappa shape index (κ3) is 4.39. The molecule has 1 rings (SSSR count). The number of halogens is 1. The summed E-state index contributed by atoms with van der Waals surface area (Å²) in [5.41, 5.74) is 0.164. The van der Waals surface area contributed by atoms with Gasteiger partial charge < -0.3 is 10.4 Å². The van der Waals surface area contributed by atoms with E-state index in [1.54, 1.807) is 6.92 Å². The molecule has 5 nitrogen and oxygen atoms in total. The van der Waals surface area contributed by atoms with Crippen LogP contribution in [-0.2, 0) is 4.79 Å². The Bertz CT molecular complexity index is 508. The minimum atomic E-state index is -1.21. The molecule has 0 fully saturated rings. The first-order valence-electron chi connectivity index (χ1n) is 5.63. The predicted molar refractivity (Wildman–Crippen MR) is 64.7 cm³/mol. The van der Waals surface area contributed by atoms with Crippen LogP contribution in [0.15, 0.2) is 24.3 Å². The fourth-order valence-corrected chi connectivity index (χ4v) is 1.47. The zero-order valence-corrected chi connectivity index (χ0v) is 10.3. The molecule has 100 valence electrons. The van der Waals surface area contributed by atoms with Crippen LogP contribution >= 0.6 is 0 Å². The van der Waals surface area contributed by atoms with Gasteiger partial charge in [0.25, 0.3) is 5.91 Å². The van der Waals surface area contributed by atoms with Crippen molar-refractivity contribution in [2.24, 2.45) is 5.92 Å². The number of nitrogens with zero attached hydrogens (tertiary/aromatic N) is 1. The van der Waals surface area contributed by atoms with E-state index in [1.807, 2.05) is 6.07 Å². The highest BCUT2D eigenvalue weighted by atomic mass is 19.1. The molecule has 1 aromatic rings. The summed E-state index contributed by atoms with van der Waals surface area (Å²) in [6, 6.07) is 5.51. The van der Waals surface area contributed by atoms with E-state index < -0.39 is 29.7 Å². The fourth-order valence-electron chi connectivity index (χ4n) is 1.47. The number of carboxylic acid groups (broad SMARTS) is 1. The fraction of sp³-hybridized carbons (Fsp3) is 0.308. The zero-order valence-electron chi connectivity index (χ0n) is 10.3. The van der Waals surface area contributed by atoms with Crippen LogP contribution in [0.4, 0.5) is 4.39 Å². The molecule has 6 heteroatoms. The highest BCUT2D eigenvalue weighted by Gasteiger charge is 2.22. The molecule has 2 N–H and O–H groups in total. The highest BCUT2D eigenvalue weighted by Crippen LogP contribution is 2.07. The number of hydrogen-bond donors (Lipinski definition) is 2. The summed E-state index contributed by atoms with van der Waals surface area (Å²) in [5, 5.41) is 19.9. The summed E-state index contributed by atoms with van der Waals surface area (Å²) < 4.78 is 12.7. The monoisotopic (exact) mass is 264 g/mol. The summed E-state index contributed by atoms with van der Waals surface area (Å²) in [6.07, 6.45) is 0.0127. The molecule has 0 aliphatic rings. The minimum absolute atomic E-state index is 0.0127. The van der Waals surface area contributed by atoms with E-state index >= 15 is 0 Å². The largest absolute Gasteiger partial charge is 0.480 e. The predicted octanol–water partition coefficient (Wildman–Crippen LogP) is 1.56. The second kappa shape index (κ2) is 6.50. The van der Waals surface area contributed by atoms with Crippen molar-refractivity contribution in [3.05, 3.63) is 35.6 Å². The summed E-state index contributed by atoms with van der Waals surface area (Å²) in [5.74, 6) is -2.80. The van der Waals surface area contributed by atoms with Crippen LogP contribution in [0.3, 0.4) is 0 Å². The SMILES string of the molecule is C[C@@H](C#N)C[C@@H](NC(=O)c1ccc(F)cc1)C(=O)O. The molecule has 0 saturated carbocycles. The molecular weight excluding hydrogens is 251 g/mol. The van der Waals surface area contributed by atoms with Crippen molar-refractivity contribution < 1.29 is 19.1 Å². The third-order valence-electron chi connectivity index (χ3n) is 2.52. The number of carbonyl (C=O) groups is 2. The number of nitriles is 1. The molecule has 0 heterocycles. The maximum atomic E-state index is 12.7. The van der Waals surface area contributed by atoms with E-state index in [2.05, 4.69) is 5.32 Å². The van der Waals surface area contributed by atoms with Gasteiger partial charge in [-0.25, -0.2) is 9.18 Å². The van der Waals surface area contributed by atoms with Gasteiger partial charge in [0, 0.05) is 11.5 Å². The van der Waals surface area contributed by atoms with Gasteiger partial charge in [0.1, 0.15) is 11.9 Å². The van der Waals surface area contributed by atoms with Crippen LogP contribution in [-0.4, -0.2) is 23.0 Å². The Morgan fingerprint density at radius 1 is 1.42 bits per heavy atom. The molecule has 0 aliphatic heterocycles. The summed E-state index contributed by atoms with van der Waals surface area (Å²) in [6.45, 7) is 1.57. The molecule has 0 saturated heterocycles. The lowest BCUT2D eigenvalue weighted by Gasteiger charge is -2.15. The molecule has 0 bridgehead atoms. The number of carboxylic acids is 1. The van der Waals surface area contributed by atoms with E-state index in [0.29, 0.717) is 0 Å². The van der Waals surface area contributed by atoms with Crippen LogP contribution in [0, 0.1) is 23.1 Å². The van der Waals surface area contributed by atoms with Crippen molar-refractivity contribution in [3.8, 4) is 6.07 Å². The Kier molecular flexibility index (Phi) is 5.01. The molecule has 0 unspecified atom stereocenters. The number of benzene rings is 1. The normalized spacial score (nSPS) is 13.1. The van der Waals surface area contributed by atoms with Crippen molar-refractivity contribution in [2.75, 3.05) is 0 Å². The minimum Gasteiger partial charge on any atom is -0.480 e. The Labute approximate surface area is 109 Å². The van der Waals surface area contributed by atoms with Gasteiger partial charge in [0.2, 0.25) is 0 Å². The molecule has 1 aromatic carbocycles. The molecule has 0 spiro atoms. The van der Waals surface area contributed by atoms with E-state index in [-0.39, 0.29) is 12.0 Å². The third-order valence-corrected chi connectivity index (χ3v) is 2.52. The molecule has 19 heavy (non-hydrogen) atoms. The Hall–Kier alpha value is -2.42. The Morgan fingerprint density at radius 3 is 2.47 bits per heavy atom. The van der Waals surface area contributed by atoms with Crippen LogP contribution in [0.5, 0.6) is 0 Å². The topological polar surface area (TPSA) is 90.2 Å². The number of amides is 1. The quantitative estimate of drug-likeness (QED) is 0.844. The van der Waals surface area contributed by atoms with Crippen molar-refractivity contribution in [2.45, 2.75) is 19.4 Å². The van der Waals surface area contributed by atoms with Crippen LogP contribution in [0.2, 0.25) is 0 Å². The highest BCUT2D eigenvalue weighted by molar-refractivity contribution is 5.96. The van der Waals surface area contributed by atoms with Gasteiger partial charge in [0.15, 0.2) is 0 Å². The number of nitrogens with one attached hydrogen (secondary N) is 1. The van der Waals surface area contributed by atoms with E-state index in [0.717, 1.165) is 12.1 Å². The average molecular weight is 264 g/mol. The molecule has 0 aromatic heterocycles. The smallest absolute Gasteiger partial charge is 0.326 e. The second-order valence-electron chi connectivity index (χ2n) is 4.14. The average Bonchev–Trinajstić information content (AvgIpc) is 2.38. The van der Waals surface area contributed by atoms with Crippen LogP contribution < -0.4 is 5.32 Å². The second-order valence-corrected chi connectivity index (χ2v) is 4.14.